The summed E-state index contributed by atoms with van der Waals surface area (Å²) < 4.78 is 35.1. The van der Waals surface area contributed by atoms with E-state index in [1.807, 2.05) is 12.1 Å². The maximum Gasteiger partial charge on any atom is 0.219 e. The van der Waals surface area contributed by atoms with E-state index in [-0.39, 0.29) is 29.9 Å². The summed E-state index contributed by atoms with van der Waals surface area (Å²) in [5.41, 5.74) is 0.475. The summed E-state index contributed by atoms with van der Waals surface area (Å²) in [5, 5.41) is 0.617. The second kappa shape index (κ2) is 6.79. The third-order valence-electron chi connectivity index (χ3n) is 5.82. The molecule has 142 valence electrons. The molecule has 2 aromatic carbocycles. The molecule has 2 aliphatic heterocycles. The molecule has 0 N–H and O–H groups in total. The van der Waals surface area contributed by atoms with E-state index >= 15 is 0 Å². The number of carbonyl (C=O) groups is 1. The quantitative estimate of drug-likeness (QED) is 0.754. The number of ether oxygens (including phenoxy) is 1. The van der Waals surface area contributed by atoms with E-state index in [9.17, 15) is 13.6 Å². The minimum absolute atomic E-state index is 0.0226. The van der Waals surface area contributed by atoms with Gasteiger partial charge in [0.1, 0.15) is 12.4 Å². The summed E-state index contributed by atoms with van der Waals surface area (Å²) in [5.74, 6) is -1.16. The molecule has 3 nitrogen and oxygen atoms in total. The summed E-state index contributed by atoms with van der Waals surface area (Å²) in [6, 6.07) is 9.27. The molecule has 0 spiro atoms. The maximum atomic E-state index is 15.0. The number of likely N-dealkylation sites (tertiary alicyclic amines) is 1. The Morgan fingerprint density at radius 2 is 1.93 bits per heavy atom. The molecule has 0 aromatic heterocycles. The van der Waals surface area contributed by atoms with Crippen LogP contribution in [0, 0.1) is 11.6 Å². The molecule has 0 saturated carbocycles. The number of piperidine rings is 1. The zero-order chi connectivity index (χ0) is 19.2. The number of hydrogen-bond donors (Lipinski definition) is 0. The van der Waals surface area contributed by atoms with Crippen molar-refractivity contribution in [2.24, 2.45) is 0 Å². The van der Waals surface area contributed by atoms with E-state index < -0.39 is 17.0 Å². The molecule has 2 aromatic rings. The van der Waals surface area contributed by atoms with Gasteiger partial charge in [0.25, 0.3) is 0 Å². The van der Waals surface area contributed by atoms with E-state index in [0.29, 0.717) is 24.4 Å². The van der Waals surface area contributed by atoms with Crippen molar-refractivity contribution in [3.63, 3.8) is 0 Å². The third kappa shape index (κ3) is 2.98. The van der Waals surface area contributed by atoms with Gasteiger partial charge in [-0.3, -0.25) is 4.79 Å². The Bertz CT molecular complexity index is 886. The van der Waals surface area contributed by atoms with Crippen LogP contribution in [0.25, 0.3) is 0 Å². The fraction of sp³-hybridized carbons (Fsp3) is 0.381. The van der Waals surface area contributed by atoms with Gasteiger partial charge >= 0.3 is 0 Å². The molecule has 2 heterocycles. The van der Waals surface area contributed by atoms with Crippen LogP contribution in [0.2, 0.25) is 5.02 Å². The van der Waals surface area contributed by atoms with Gasteiger partial charge in [-0.1, -0.05) is 23.7 Å². The summed E-state index contributed by atoms with van der Waals surface area (Å²) in [6.45, 7) is 2.26. The normalized spacial score (nSPS) is 24.0. The molecular formula is C21H20ClF2NO2. The minimum atomic E-state index is -0.739. The fourth-order valence-corrected chi connectivity index (χ4v) is 4.79. The fourth-order valence-electron chi connectivity index (χ4n) is 4.67. The minimum Gasteiger partial charge on any atom is -0.488 e. The van der Waals surface area contributed by atoms with Crippen molar-refractivity contribution < 1.29 is 18.3 Å². The maximum absolute atomic E-state index is 15.0. The number of amides is 1. The lowest BCUT2D eigenvalue weighted by molar-refractivity contribution is -0.137. The molecule has 27 heavy (non-hydrogen) atoms. The Morgan fingerprint density at radius 3 is 2.63 bits per heavy atom. The van der Waals surface area contributed by atoms with Crippen LogP contribution in [0.5, 0.6) is 5.75 Å². The molecular weight excluding hydrogens is 372 g/mol. The Morgan fingerprint density at radius 1 is 1.22 bits per heavy atom. The second-order valence-electron chi connectivity index (χ2n) is 7.34. The Balaban J connectivity index is 1.90. The first-order chi connectivity index (χ1) is 12.9. The highest BCUT2D eigenvalue weighted by Gasteiger charge is 2.52. The predicted molar refractivity (Wildman–Crippen MR) is 99.1 cm³/mol. The summed E-state index contributed by atoms with van der Waals surface area (Å²) in [4.78, 5) is 14.0. The van der Waals surface area contributed by atoms with Gasteiger partial charge in [0.15, 0.2) is 11.6 Å². The lowest BCUT2D eigenvalue weighted by Gasteiger charge is -2.53. The standard InChI is InChI=1S/C21H20ClF2NO2/c1-13(26)25-10-2-9-21(11-14-3-5-15(22)6-4-14)18(25)12-27-20-17(24)8-7-16(23)19(20)21/h3-8,18H,2,9-12H2,1H3/t18-,21+/m0/s1. The van der Waals surface area contributed by atoms with Crippen LogP contribution >= 0.6 is 11.6 Å². The molecule has 0 radical (unpaired) electrons. The predicted octanol–water partition coefficient (Wildman–Crippen LogP) is 4.50. The monoisotopic (exact) mass is 391 g/mol. The average molecular weight is 392 g/mol. The first-order valence-electron chi connectivity index (χ1n) is 9.05. The van der Waals surface area contributed by atoms with Gasteiger partial charge in [-0.2, -0.15) is 0 Å². The molecule has 0 bridgehead atoms. The highest BCUT2D eigenvalue weighted by molar-refractivity contribution is 6.30. The number of carbonyl (C=O) groups excluding carboxylic acids is 1. The second-order valence-corrected chi connectivity index (χ2v) is 7.77. The topological polar surface area (TPSA) is 29.5 Å². The van der Waals surface area contributed by atoms with Crippen LogP contribution in [0.3, 0.4) is 0 Å². The Hall–Kier alpha value is -2.14. The first-order valence-corrected chi connectivity index (χ1v) is 9.43. The van der Waals surface area contributed by atoms with E-state index in [2.05, 4.69) is 0 Å². The van der Waals surface area contributed by atoms with Gasteiger partial charge in [-0.25, -0.2) is 8.78 Å². The van der Waals surface area contributed by atoms with Gasteiger partial charge in [0.05, 0.1) is 6.04 Å². The van der Waals surface area contributed by atoms with Crippen molar-refractivity contribution in [1.82, 2.24) is 4.90 Å². The molecule has 1 fully saturated rings. The van der Waals surface area contributed by atoms with Gasteiger partial charge in [-0.05, 0) is 49.1 Å². The van der Waals surface area contributed by atoms with Crippen LogP contribution in [0.15, 0.2) is 36.4 Å². The van der Waals surface area contributed by atoms with Crippen LogP contribution in [-0.4, -0.2) is 30.0 Å². The molecule has 1 amide bonds. The smallest absolute Gasteiger partial charge is 0.219 e. The van der Waals surface area contributed by atoms with Gasteiger partial charge in [-0.15, -0.1) is 0 Å². The van der Waals surface area contributed by atoms with Gasteiger partial charge < -0.3 is 9.64 Å². The van der Waals surface area contributed by atoms with Crippen LogP contribution in [0.4, 0.5) is 8.78 Å². The van der Waals surface area contributed by atoms with E-state index in [1.54, 1.807) is 17.0 Å². The van der Waals surface area contributed by atoms with Gasteiger partial charge in [0, 0.05) is 29.5 Å². The van der Waals surface area contributed by atoms with Crippen molar-refractivity contribution in [3.8, 4) is 5.75 Å². The summed E-state index contributed by atoms with van der Waals surface area (Å²) >= 11 is 6.00. The molecule has 4 rings (SSSR count). The van der Waals surface area contributed by atoms with Gasteiger partial charge in [0.2, 0.25) is 5.91 Å². The first kappa shape index (κ1) is 18.2. The van der Waals surface area contributed by atoms with Crippen LogP contribution in [0.1, 0.15) is 30.9 Å². The molecule has 2 aliphatic rings. The lowest BCUT2D eigenvalue weighted by atomic mass is 9.63. The van der Waals surface area contributed by atoms with Crippen molar-refractivity contribution >= 4 is 17.5 Å². The number of halogens is 3. The number of benzene rings is 2. The zero-order valence-electron chi connectivity index (χ0n) is 15.0. The van der Waals surface area contributed by atoms with Crippen LogP contribution < -0.4 is 4.74 Å². The lowest BCUT2D eigenvalue weighted by Crippen LogP contribution is -2.62. The van der Waals surface area contributed by atoms with Crippen molar-refractivity contribution in [2.75, 3.05) is 13.2 Å². The highest BCUT2D eigenvalue weighted by atomic mass is 35.5. The number of rotatable bonds is 2. The number of nitrogens with zero attached hydrogens (tertiary/aromatic N) is 1. The Kier molecular flexibility index (Phi) is 4.58. The van der Waals surface area contributed by atoms with Crippen molar-refractivity contribution in [3.05, 3.63) is 64.2 Å². The van der Waals surface area contributed by atoms with E-state index in [4.69, 9.17) is 16.3 Å². The van der Waals surface area contributed by atoms with Crippen molar-refractivity contribution in [1.29, 1.82) is 0 Å². The number of fused-ring (bicyclic) bond motifs is 3. The number of hydrogen-bond acceptors (Lipinski definition) is 2. The largest absolute Gasteiger partial charge is 0.488 e. The molecule has 1 saturated heterocycles. The highest BCUT2D eigenvalue weighted by Crippen LogP contribution is 2.50. The Labute approximate surface area is 161 Å². The van der Waals surface area contributed by atoms with Crippen molar-refractivity contribution in [2.45, 2.75) is 37.6 Å². The molecule has 0 aliphatic carbocycles. The third-order valence-corrected chi connectivity index (χ3v) is 6.07. The summed E-state index contributed by atoms with van der Waals surface area (Å²) in [7, 11) is 0. The molecule has 0 unspecified atom stereocenters. The molecule has 2 atom stereocenters. The van der Waals surface area contributed by atoms with Crippen LogP contribution in [-0.2, 0) is 16.6 Å². The summed E-state index contributed by atoms with van der Waals surface area (Å²) in [6.07, 6.45) is 1.86. The zero-order valence-corrected chi connectivity index (χ0v) is 15.7. The SMILES string of the molecule is CC(=O)N1CCC[C@]2(Cc3ccc(Cl)cc3)c3c(F)ccc(F)c3OC[C@H]12. The average Bonchev–Trinajstić information content (AvgIpc) is 2.65. The van der Waals surface area contributed by atoms with E-state index in [0.717, 1.165) is 24.1 Å². The van der Waals surface area contributed by atoms with E-state index in [1.165, 1.54) is 6.92 Å². The molecule has 6 heteroatoms.